The number of oxazole rings is 1. The van der Waals surface area contributed by atoms with Crippen LogP contribution in [-0.2, 0) is 0 Å². The van der Waals surface area contributed by atoms with E-state index in [4.69, 9.17) is 23.9 Å². The summed E-state index contributed by atoms with van der Waals surface area (Å²) in [4.78, 5) is 4.57. The zero-order valence-corrected chi connectivity index (χ0v) is 24.1. The van der Waals surface area contributed by atoms with Crippen molar-refractivity contribution in [3.8, 4) is 17.1 Å². The van der Waals surface area contributed by atoms with Gasteiger partial charge in [-0.2, -0.15) is 0 Å². The summed E-state index contributed by atoms with van der Waals surface area (Å²) in [6.07, 6.45) is 0. The van der Waals surface area contributed by atoms with Gasteiger partial charge in [0.1, 0.15) is 16.7 Å². The molecule has 0 bridgehead atoms. The number of hydrogen-bond acceptors (Lipinski definition) is 4. The second kappa shape index (κ2) is 8.84. The first-order chi connectivity index (χ1) is 28.6. The molecule has 46 heavy (non-hydrogen) atoms. The van der Waals surface area contributed by atoms with Gasteiger partial charge in [0.2, 0.25) is 5.89 Å². The maximum atomic E-state index is 9.32. The molecule has 7 aromatic carbocycles. The molecule has 0 atom stereocenters. The Morgan fingerprint density at radius 3 is 2.43 bits per heavy atom. The third-order valence-electron chi connectivity index (χ3n) is 8.45. The van der Waals surface area contributed by atoms with Crippen LogP contribution in [0.1, 0.15) is 19.2 Å². The quantitative estimate of drug-likeness (QED) is 0.193. The predicted octanol–water partition coefficient (Wildman–Crippen LogP) is 12.0. The molecular formula is C41H22N2O2S. The van der Waals surface area contributed by atoms with E-state index >= 15 is 0 Å². The van der Waals surface area contributed by atoms with Crippen LogP contribution in [0.5, 0.6) is 0 Å². The third kappa shape index (κ3) is 3.19. The Kier molecular flexibility index (Phi) is 2.87. The molecular weight excluding hydrogens is 585 g/mol. The van der Waals surface area contributed by atoms with E-state index in [0.29, 0.717) is 43.3 Å². The molecule has 0 amide bonds. The third-order valence-corrected chi connectivity index (χ3v) is 9.56. The molecule has 11 rings (SSSR count). The lowest BCUT2D eigenvalue weighted by Crippen LogP contribution is -1.93. The summed E-state index contributed by atoms with van der Waals surface area (Å²) in [7, 11) is 0. The zero-order valence-electron chi connectivity index (χ0n) is 37.2. The summed E-state index contributed by atoms with van der Waals surface area (Å²) < 4.78 is 136. The van der Waals surface area contributed by atoms with E-state index in [9.17, 15) is 4.11 Å². The molecule has 0 aliphatic carbocycles. The first-order valence-electron chi connectivity index (χ1n) is 21.2. The molecule has 4 aromatic heterocycles. The van der Waals surface area contributed by atoms with Gasteiger partial charge in [-0.05, 0) is 59.2 Å². The fourth-order valence-electron chi connectivity index (χ4n) is 6.51. The normalized spacial score (nSPS) is 16.6. The SMILES string of the molecule is [2H]c1c([2H])c([2H])c2oc(-c3c4ccccc4cc4c3oc3ccc(-n5c6c([2H])c([2H])c([2H])c([2H])c6c6c([2H])c([2H])c7c(sc8c([2H])c([2H])c([2H])c([2H])c87)c65)cc34)nc2c1[2H]. The molecule has 0 radical (unpaired) electrons. The topological polar surface area (TPSA) is 44.1 Å². The van der Waals surface area contributed by atoms with Crippen molar-refractivity contribution in [2.75, 3.05) is 0 Å². The van der Waals surface area contributed by atoms with E-state index in [1.165, 1.54) is 0 Å². The van der Waals surface area contributed by atoms with Gasteiger partial charge in [-0.3, -0.25) is 0 Å². The number of fused-ring (bicyclic) bond motifs is 12. The second-order valence-corrected chi connectivity index (χ2v) is 11.9. The molecule has 0 saturated carbocycles. The fraction of sp³-hybridized carbons (Fsp3) is 0. The average Bonchev–Trinajstić information content (AvgIpc) is 4.04. The lowest BCUT2D eigenvalue weighted by Gasteiger charge is -2.09. The van der Waals surface area contributed by atoms with E-state index in [1.54, 1.807) is 22.8 Å². The number of nitrogens with zero attached hydrogens (tertiary/aromatic N) is 2. The monoisotopic (exact) mass is 620 g/mol. The highest BCUT2D eigenvalue weighted by Gasteiger charge is 2.22. The van der Waals surface area contributed by atoms with Gasteiger partial charge in [-0.1, -0.05) is 84.7 Å². The van der Waals surface area contributed by atoms with Crippen molar-refractivity contribution < 1.29 is 28.0 Å². The molecule has 0 saturated heterocycles. The van der Waals surface area contributed by atoms with Crippen molar-refractivity contribution in [1.82, 2.24) is 9.55 Å². The standard InChI is InChI=1S/C41H22N2O2S/c1-2-10-25-23(9-1)21-31-30-22-24(17-20-34(30)44-39(31)37(25)41-42-32-13-5-7-15-35(32)45-41)43-33-14-6-3-11-26(33)28-18-19-29-27-12-4-8-16-36(27)46-40(29)38(28)43/h1-22H/i3D,4D,5D,6D,7D,8D,11D,12D,13D,14D,15D,16D,18D,19D. The maximum Gasteiger partial charge on any atom is 0.231 e. The highest BCUT2D eigenvalue weighted by atomic mass is 32.1. The molecule has 4 heterocycles. The van der Waals surface area contributed by atoms with Crippen molar-refractivity contribution in [2.45, 2.75) is 0 Å². The van der Waals surface area contributed by atoms with E-state index < -0.39 is 48.3 Å². The molecule has 0 aliphatic heterocycles. The molecule has 0 unspecified atom stereocenters. The van der Waals surface area contributed by atoms with Gasteiger partial charge in [-0.25, -0.2) is 4.98 Å². The van der Waals surface area contributed by atoms with E-state index in [2.05, 4.69) is 4.98 Å². The van der Waals surface area contributed by atoms with Crippen LogP contribution in [0.3, 0.4) is 0 Å². The molecule has 0 fully saturated rings. The molecule has 214 valence electrons. The second-order valence-electron chi connectivity index (χ2n) is 10.9. The minimum atomic E-state index is -0.531. The Bertz CT molecular complexity index is 3800. The van der Waals surface area contributed by atoms with Gasteiger partial charge in [0.25, 0.3) is 0 Å². The number of thiophene rings is 1. The molecule has 11 aromatic rings. The summed E-state index contributed by atoms with van der Waals surface area (Å²) in [5, 5.41) is 2.78. The average molecular weight is 621 g/mol. The Morgan fingerprint density at radius 1 is 0.630 bits per heavy atom. The molecule has 0 spiro atoms. The smallest absolute Gasteiger partial charge is 0.231 e. The van der Waals surface area contributed by atoms with Crippen molar-refractivity contribution in [3.05, 3.63) is 133 Å². The Labute approximate surface area is 285 Å². The highest BCUT2D eigenvalue weighted by Crippen LogP contribution is 2.45. The number of para-hydroxylation sites is 3. The van der Waals surface area contributed by atoms with Gasteiger partial charge >= 0.3 is 0 Å². The van der Waals surface area contributed by atoms with Crippen LogP contribution in [0.25, 0.3) is 103 Å². The Balaban J connectivity index is 1.30. The highest BCUT2D eigenvalue weighted by molar-refractivity contribution is 7.26. The Morgan fingerprint density at radius 2 is 1.46 bits per heavy atom. The van der Waals surface area contributed by atoms with Crippen molar-refractivity contribution in [2.24, 2.45) is 0 Å². The van der Waals surface area contributed by atoms with E-state index in [1.807, 2.05) is 30.3 Å². The summed E-state index contributed by atoms with van der Waals surface area (Å²) in [5.74, 6) is 0.00648. The van der Waals surface area contributed by atoms with Gasteiger partial charge in [0, 0.05) is 42.7 Å². The minimum Gasteiger partial charge on any atom is -0.455 e. The molecule has 4 nitrogen and oxygen atoms in total. The molecule has 0 aliphatic rings. The number of furan rings is 1. The van der Waals surface area contributed by atoms with Crippen LogP contribution in [0, 0.1) is 0 Å². The van der Waals surface area contributed by atoms with Gasteiger partial charge in [-0.15, -0.1) is 11.3 Å². The van der Waals surface area contributed by atoms with Crippen molar-refractivity contribution >= 4 is 97.1 Å². The first-order valence-corrected chi connectivity index (χ1v) is 15.1. The number of aromatic nitrogens is 2. The first kappa shape index (κ1) is 14.9. The predicted molar refractivity (Wildman–Crippen MR) is 191 cm³/mol. The summed E-state index contributed by atoms with van der Waals surface area (Å²) >= 11 is 0.999. The lowest BCUT2D eigenvalue weighted by atomic mass is 10.00. The van der Waals surface area contributed by atoms with Crippen LogP contribution < -0.4 is 0 Å². The zero-order chi connectivity index (χ0) is 42.1. The van der Waals surface area contributed by atoms with Crippen molar-refractivity contribution in [1.29, 1.82) is 0 Å². The van der Waals surface area contributed by atoms with Crippen LogP contribution in [0.15, 0.2) is 142 Å². The van der Waals surface area contributed by atoms with Gasteiger partial charge in [0.05, 0.1) is 40.5 Å². The van der Waals surface area contributed by atoms with Gasteiger partial charge < -0.3 is 13.4 Å². The Hall–Kier alpha value is -5.91. The number of hydrogen-bond donors (Lipinski definition) is 0. The van der Waals surface area contributed by atoms with Crippen LogP contribution in [0.2, 0.25) is 0 Å². The van der Waals surface area contributed by atoms with E-state index in [0.717, 1.165) is 16.7 Å². The molecule has 5 heteroatoms. The van der Waals surface area contributed by atoms with E-state index in [-0.39, 0.29) is 90.5 Å². The summed E-state index contributed by atoms with van der Waals surface area (Å²) in [6.45, 7) is 0. The van der Waals surface area contributed by atoms with Crippen LogP contribution in [-0.4, -0.2) is 9.55 Å². The van der Waals surface area contributed by atoms with Gasteiger partial charge in [0.15, 0.2) is 5.58 Å². The van der Waals surface area contributed by atoms with Crippen molar-refractivity contribution in [3.63, 3.8) is 0 Å². The molecule has 0 N–H and O–H groups in total. The largest absolute Gasteiger partial charge is 0.455 e. The maximum absolute atomic E-state index is 9.32. The van der Waals surface area contributed by atoms with Crippen LogP contribution >= 0.6 is 11.3 Å². The number of benzene rings is 7. The lowest BCUT2D eigenvalue weighted by molar-refractivity contribution is 0.616. The van der Waals surface area contributed by atoms with Crippen LogP contribution in [0.4, 0.5) is 0 Å². The summed E-state index contributed by atoms with van der Waals surface area (Å²) in [5.41, 5.74) is 1.61. The fourth-order valence-corrected chi connectivity index (χ4v) is 7.62. The number of rotatable bonds is 2. The summed E-state index contributed by atoms with van der Waals surface area (Å²) in [6, 6.07) is 8.54. The minimum absolute atomic E-state index is 0.00370.